The maximum Gasteiger partial charge on any atom is 0.319 e. The Morgan fingerprint density at radius 2 is 2.12 bits per heavy atom. The summed E-state index contributed by atoms with van der Waals surface area (Å²) < 4.78 is 11.2. The molecule has 0 aromatic heterocycles. The first-order chi connectivity index (χ1) is 12.4. The molecular weight excluding hydrogens is 360 g/mol. The highest BCUT2D eigenvalue weighted by Gasteiger charge is 2.72. The number of carbonyl (C=O) groups is 2. The summed E-state index contributed by atoms with van der Waals surface area (Å²) in [6.45, 7) is 1.95. The van der Waals surface area contributed by atoms with E-state index in [0.717, 1.165) is 13.0 Å². The summed E-state index contributed by atoms with van der Waals surface area (Å²) in [5.74, 6) is 0.124. The Balaban J connectivity index is 1.35. The van der Waals surface area contributed by atoms with E-state index < -0.39 is 11.4 Å². The molecule has 140 valence electrons. The Labute approximate surface area is 156 Å². The van der Waals surface area contributed by atoms with E-state index in [9.17, 15) is 9.59 Å². The van der Waals surface area contributed by atoms with Crippen LogP contribution in [0.2, 0.25) is 5.02 Å². The summed E-state index contributed by atoms with van der Waals surface area (Å²) in [5, 5.41) is 15.3. The fourth-order valence-corrected chi connectivity index (χ4v) is 4.36. The van der Waals surface area contributed by atoms with Crippen LogP contribution >= 0.6 is 11.6 Å². The van der Waals surface area contributed by atoms with Crippen molar-refractivity contribution in [1.82, 2.24) is 5.32 Å². The van der Waals surface area contributed by atoms with Crippen molar-refractivity contribution in [3.8, 4) is 5.75 Å². The van der Waals surface area contributed by atoms with Gasteiger partial charge in [0.15, 0.2) is 0 Å². The van der Waals surface area contributed by atoms with Gasteiger partial charge in [-0.15, -0.1) is 0 Å². The largest absolute Gasteiger partial charge is 0.491 e. The number of carboxylic acid groups (broad SMARTS) is 1. The normalized spacial score (nSPS) is 31.5. The third-order valence-electron chi connectivity index (χ3n) is 5.55. The number of halogens is 1. The van der Waals surface area contributed by atoms with Crippen molar-refractivity contribution in [2.24, 2.45) is 11.3 Å². The zero-order valence-electron chi connectivity index (χ0n) is 14.2. The highest BCUT2D eigenvalue weighted by Crippen LogP contribution is 2.67. The second-order valence-electron chi connectivity index (χ2n) is 7.66. The first-order valence-corrected chi connectivity index (χ1v) is 9.10. The number of hydrogen-bond acceptors (Lipinski definition) is 4. The monoisotopic (exact) mass is 380 g/mol. The Kier molecular flexibility index (Phi) is 4.23. The third-order valence-corrected chi connectivity index (χ3v) is 5.79. The van der Waals surface area contributed by atoms with Gasteiger partial charge in [-0.25, -0.2) is 4.79 Å². The number of carbonyl (C=O) groups excluding carboxylic acids is 1. The minimum absolute atomic E-state index is 0.348. The lowest BCUT2D eigenvalue weighted by Gasteiger charge is -2.67. The molecule has 8 heteroatoms. The smallest absolute Gasteiger partial charge is 0.319 e. The molecule has 0 spiro atoms. The van der Waals surface area contributed by atoms with Crippen molar-refractivity contribution in [1.29, 1.82) is 0 Å². The molecule has 2 amide bonds. The van der Waals surface area contributed by atoms with Gasteiger partial charge in [-0.05, 0) is 43.9 Å². The molecule has 1 atom stereocenters. The standard InChI is InChI=1S/C18H21ClN2O5/c19-12-1-2-14(26-7-11-3-4-25-6-11)13(5-12)20-16(24)21-18-8-17(9-18,10-18)15(22)23/h1-2,5,11H,3-4,6-10H2,(H,22,23)(H2,20,21,24). The molecule has 4 fully saturated rings. The SMILES string of the molecule is O=C(Nc1cc(Cl)ccc1OCC1CCOC1)NC12CC(C(=O)O)(C1)C2. The van der Waals surface area contributed by atoms with E-state index >= 15 is 0 Å². The maximum atomic E-state index is 12.4. The van der Waals surface area contributed by atoms with Gasteiger partial charge in [-0.3, -0.25) is 4.79 Å². The van der Waals surface area contributed by atoms with Crippen LogP contribution in [0, 0.1) is 11.3 Å². The number of ether oxygens (including phenoxy) is 2. The van der Waals surface area contributed by atoms with Crippen molar-refractivity contribution < 1.29 is 24.2 Å². The Hall–Kier alpha value is -1.99. The molecule has 0 radical (unpaired) electrons. The molecule has 1 aromatic carbocycles. The van der Waals surface area contributed by atoms with Gasteiger partial charge in [-0.2, -0.15) is 0 Å². The number of amides is 2. The predicted molar refractivity (Wildman–Crippen MR) is 94.7 cm³/mol. The zero-order chi connectivity index (χ0) is 18.4. The van der Waals surface area contributed by atoms with Crippen LogP contribution in [0.4, 0.5) is 10.5 Å². The molecule has 1 aliphatic heterocycles. The summed E-state index contributed by atoms with van der Waals surface area (Å²) in [5.41, 5.74) is -0.516. The number of urea groups is 1. The average molecular weight is 381 g/mol. The van der Waals surface area contributed by atoms with E-state index in [0.29, 0.717) is 54.9 Å². The average Bonchev–Trinajstić information content (AvgIpc) is 3.01. The lowest BCUT2D eigenvalue weighted by molar-refractivity contribution is -0.195. The molecule has 5 rings (SSSR count). The molecule has 7 nitrogen and oxygen atoms in total. The molecule has 3 aliphatic carbocycles. The fraction of sp³-hybridized carbons (Fsp3) is 0.556. The third kappa shape index (κ3) is 3.10. The van der Waals surface area contributed by atoms with Gasteiger partial charge in [-0.1, -0.05) is 11.6 Å². The number of aliphatic carboxylic acids is 1. The van der Waals surface area contributed by atoms with Gasteiger partial charge < -0.3 is 25.2 Å². The minimum atomic E-state index is -0.775. The topological polar surface area (TPSA) is 96.9 Å². The number of anilines is 1. The molecule has 1 saturated heterocycles. The van der Waals surface area contributed by atoms with Crippen LogP contribution in [0.1, 0.15) is 25.7 Å². The highest BCUT2D eigenvalue weighted by molar-refractivity contribution is 6.31. The molecular formula is C18H21ClN2O5. The lowest BCUT2D eigenvalue weighted by Crippen LogP contribution is -2.77. The highest BCUT2D eigenvalue weighted by atomic mass is 35.5. The van der Waals surface area contributed by atoms with Crippen LogP contribution < -0.4 is 15.4 Å². The molecule has 3 saturated carbocycles. The van der Waals surface area contributed by atoms with Gasteiger partial charge in [0.25, 0.3) is 0 Å². The van der Waals surface area contributed by atoms with Gasteiger partial charge in [0.05, 0.1) is 24.3 Å². The van der Waals surface area contributed by atoms with E-state index in [1.165, 1.54) is 0 Å². The Morgan fingerprint density at radius 3 is 2.77 bits per heavy atom. The van der Waals surface area contributed by atoms with Crippen molar-refractivity contribution >= 4 is 29.3 Å². The number of hydrogen-bond donors (Lipinski definition) is 3. The summed E-state index contributed by atoms with van der Waals surface area (Å²) in [6, 6.07) is 4.71. The van der Waals surface area contributed by atoms with E-state index in [4.69, 9.17) is 26.2 Å². The summed E-state index contributed by atoms with van der Waals surface area (Å²) >= 11 is 6.05. The molecule has 2 bridgehead atoms. The van der Waals surface area contributed by atoms with E-state index in [2.05, 4.69) is 10.6 Å². The van der Waals surface area contributed by atoms with Crippen molar-refractivity contribution in [3.05, 3.63) is 23.2 Å². The predicted octanol–water partition coefficient (Wildman–Crippen LogP) is 2.88. The maximum absolute atomic E-state index is 12.4. The molecule has 3 N–H and O–H groups in total. The fourth-order valence-electron chi connectivity index (χ4n) is 4.19. The van der Waals surface area contributed by atoms with E-state index in [-0.39, 0.29) is 11.6 Å². The summed E-state index contributed by atoms with van der Waals surface area (Å²) in [4.78, 5) is 23.5. The van der Waals surface area contributed by atoms with Gasteiger partial charge >= 0.3 is 12.0 Å². The van der Waals surface area contributed by atoms with Crippen LogP contribution in [-0.2, 0) is 9.53 Å². The van der Waals surface area contributed by atoms with Crippen molar-refractivity contribution in [2.75, 3.05) is 25.1 Å². The summed E-state index contributed by atoms with van der Waals surface area (Å²) in [7, 11) is 0. The number of carboxylic acids is 1. The van der Waals surface area contributed by atoms with E-state index in [1.54, 1.807) is 18.2 Å². The second kappa shape index (κ2) is 6.32. The molecule has 1 aromatic rings. The second-order valence-corrected chi connectivity index (χ2v) is 8.09. The van der Waals surface area contributed by atoms with Crippen LogP contribution in [0.3, 0.4) is 0 Å². The Morgan fingerprint density at radius 1 is 1.35 bits per heavy atom. The van der Waals surface area contributed by atoms with Gasteiger partial charge in [0.2, 0.25) is 0 Å². The quantitative estimate of drug-likeness (QED) is 0.705. The molecule has 1 unspecified atom stereocenters. The first kappa shape index (κ1) is 17.4. The molecule has 26 heavy (non-hydrogen) atoms. The molecule has 4 aliphatic rings. The minimum Gasteiger partial charge on any atom is -0.491 e. The molecule has 1 heterocycles. The first-order valence-electron chi connectivity index (χ1n) is 8.73. The number of rotatable bonds is 6. The van der Waals surface area contributed by atoms with Crippen molar-refractivity contribution in [2.45, 2.75) is 31.2 Å². The van der Waals surface area contributed by atoms with Crippen LogP contribution in [0.25, 0.3) is 0 Å². The lowest BCUT2D eigenvalue weighted by atomic mass is 9.39. The van der Waals surface area contributed by atoms with Crippen LogP contribution in [-0.4, -0.2) is 42.5 Å². The van der Waals surface area contributed by atoms with Gasteiger partial charge in [0, 0.05) is 23.1 Å². The van der Waals surface area contributed by atoms with Crippen LogP contribution in [0.15, 0.2) is 18.2 Å². The van der Waals surface area contributed by atoms with E-state index in [1.807, 2.05) is 0 Å². The van der Waals surface area contributed by atoms with Crippen LogP contribution in [0.5, 0.6) is 5.75 Å². The number of benzene rings is 1. The van der Waals surface area contributed by atoms with Crippen molar-refractivity contribution in [3.63, 3.8) is 0 Å². The number of nitrogens with one attached hydrogen (secondary N) is 2. The van der Waals surface area contributed by atoms with Gasteiger partial charge in [0.1, 0.15) is 5.75 Å². The Bertz CT molecular complexity index is 727. The zero-order valence-corrected chi connectivity index (χ0v) is 15.0. The summed E-state index contributed by atoms with van der Waals surface area (Å²) in [6.07, 6.45) is 2.43.